The number of hydrogen-bond donors (Lipinski definition) is 1. The molecule has 1 aliphatic heterocycles. The number of allylic oxidation sites excluding steroid dienone is 2. The zero-order valence-corrected chi connectivity index (χ0v) is 39.8. The minimum Gasteiger partial charge on any atom is -0.479 e. The molecular formula is C50H55N5O3S4. The van der Waals surface area contributed by atoms with Crippen LogP contribution in [0.4, 0.5) is 5.69 Å². The highest BCUT2D eigenvalue weighted by atomic mass is 32.1. The van der Waals surface area contributed by atoms with Crippen LogP contribution in [0.1, 0.15) is 125 Å². The number of anilines is 1. The number of aliphatic hydroxyl groups excluding tert-OH is 1. The van der Waals surface area contributed by atoms with Gasteiger partial charge < -0.3 is 19.3 Å². The lowest BCUT2D eigenvalue weighted by Gasteiger charge is -2.21. The number of aliphatic hydroxyl groups is 1. The molecule has 0 bridgehead atoms. The number of ether oxygens (including phenoxy) is 1. The standard InChI is InChI=1S/C50H55N5O3S4/c1-6-7-8-9-10-11-12-13-14-15-16-17-18-23-55-43-46-39(27-36(59-46)22-20-33-19-21-35(26-32(33)2)54(5)24-25-56)62-48(43)47-41(49(55)57)45-40(61-47)28-38(60-45)42-37(31-53)44(34(29-51)30-52)58-50(42,3)4/h19-22,26-28,56H,6-18,23-25H2,1-5H3/b22-20+. The molecule has 1 N–H and O–H groups in total. The van der Waals surface area contributed by atoms with E-state index in [1.165, 1.54) is 86.7 Å². The topological polar surface area (TPSA) is 126 Å². The maximum atomic E-state index is 15.0. The van der Waals surface area contributed by atoms with Crippen molar-refractivity contribution in [1.82, 2.24) is 4.57 Å². The van der Waals surface area contributed by atoms with E-state index in [0.717, 1.165) is 73.8 Å². The van der Waals surface area contributed by atoms with E-state index in [2.05, 4.69) is 56.3 Å². The Morgan fingerprint density at radius 2 is 1.47 bits per heavy atom. The number of nitriles is 3. The molecule has 0 atom stereocenters. The second kappa shape index (κ2) is 20.2. The molecular weight excluding hydrogens is 847 g/mol. The Bertz CT molecular complexity index is 2880. The Kier molecular flexibility index (Phi) is 14.7. The van der Waals surface area contributed by atoms with Gasteiger partial charge in [-0.05, 0) is 68.7 Å². The molecule has 0 saturated carbocycles. The highest BCUT2D eigenvalue weighted by Crippen LogP contribution is 2.52. The average molecular weight is 902 g/mol. The van der Waals surface area contributed by atoms with Crippen LogP contribution in [-0.2, 0) is 11.3 Å². The summed E-state index contributed by atoms with van der Waals surface area (Å²) < 4.78 is 14.5. The molecule has 12 heteroatoms. The molecule has 0 unspecified atom stereocenters. The fourth-order valence-electron chi connectivity index (χ4n) is 8.62. The second-order valence-corrected chi connectivity index (χ2v) is 21.1. The van der Waals surface area contributed by atoms with Gasteiger partial charge in [0, 0.05) is 50.6 Å². The number of hydrogen-bond acceptors (Lipinski definition) is 11. The third-order valence-electron chi connectivity index (χ3n) is 11.9. The summed E-state index contributed by atoms with van der Waals surface area (Å²) >= 11 is 6.60. The SMILES string of the molecule is CCCCCCCCCCCCCCCn1c(=O)c2c3sc(C4=C(C#N)C(=C(C#N)C#N)OC4(C)C)cc3sc2c2sc3cc(/C=C/c4ccc(N(C)CCO)cc4C)sc3c21. The average Bonchev–Trinajstić information content (AvgIpc) is 4.05. The molecule has 0 fully saturated rings. The lowest BCUT2D eigenvalue weighted by Crippen LogP contribution is -2.21. The molecule has 0 saturated heterocycles. The molecule has 62 heavy (non-hydrogen) atoms. The first-order valence-electron chi connectivity index (χ1n) is 22.0. The molecule has 6 aromatic rings. The highest BCUT2D eigenvalue weighted by Gasteiger charge is 2.42. The summed E-state index contributed by atoms with van der Waals surface area (Å²) in [6, 6.07) is 16.7. The summed E-state index contributed by atoms with van der Waals surface area (Å²) in [7, 11) is 1.99. The molecule has 0 aliphatic carbocycles. The first kappa shape index (κ1) is 45.3. The number of pyridine rings is 1. The van der Waals surface area contributed by atoms with Gasteiger partial charge in [-0.3, -0.25) is 4.79 Å². The van der Waals surface area contributed by atoms with Crippen LogP contribution in [0.5, 0.6) is 0 Å². The van der Waals surface area contributed by atoms with Crippen LogP contribution < -0.4 is 10.5 Å². The van der Waals surface area contributed by atoms with E-state index in [1.54, 1.807) is 34.0 Å². The number of aryl methyl sites for hydroxylation is 2. The first-order valence-corrected chi connectivity index (χ1v) is 25.3. The molecule has 0 radical (unpaired) electrons. The van der Waals surface area contributed by atoms with Gasteiger partial charge in [0.05, 0.1) is 36.3 Å². The number of likely N-dealkylation sites (N-methyl/N-ethyl adjacent to an activating group) is 1. The van der Waals surface area contributed by atoms with Crippen molar-refractivity contribution in [3.8, 4) is 18.2 Å². The fraction of sp³-hybridized carbons (Fsp3) is 0.440. The van der Waals surface area contributed by atoms with Gasteiger partial charge in [0.2, 0.25) is 0 Å². The molecule has 1 aliphatic rings. The molecule has 5 aromatic heterocycles. The van der Waals surface area contributed by atoms with Crippen molar-refractivity contribution in [2.45, 2.75) is 123 Å². The number of benzene rings is 1. The maximum Gasteiger partial charge on any atom is 0.261 e. The normalized spacial score (nSPS) is 13.8. The minimum atomic E-state index is -0.951. The van der Waals surface area contributed by atoms with Crippen LogP contribution in [0.3, 0.4) is 0 Å². The Hall–Kier alpha value is -4.74. The predicted octanol–water partition coefficient (Wildman–Crippen LogP) is 14.1. The number of thiophene rings is 4. The number of fused-ring (bicyclic) bond motifs is 7. The summed E-state index contributed by atoms with van der Waals surface area (Å²) in [5, 5.41) is 39.6. The van der Waals surface area contributed by atoms with Gasteiger partial charge in [-0.2, -0.15) is 15.8 Å². The molecule has 322 valence electrons. The number of aromatic nitrogens is 1. The third kappa shape index (κ3) is 9.30. The van der Waals surface area contributed by atoms with Gasteiger partial charge in [-0.1, -0.05) is 96.1 Å². The Labute approximate surface area is 380 Å². The molecule has 0 amide bonds. The van der Waals surface area contributed by atoms with Crippen molar-refractivity contribution in [1.29, 1.82) is 15.8 Å². The lowest BCUT2D eigenvalue weighted by atomic mass is 9.94. The van der Waals surface area contributed by atoms with Crippen molar-refractivity contribution >= 4 is 108 Å². The summed E-state index contributed by atoms with van der Waals surface area (Å²) in [4.78, 5) is 18.9. The quantitative estimate of drug-likeness (QED) is 0.0597. The monoisotopic (exact) mass is 901 g/mol. The van der Waals surface area contributed by atoms with Crippen molar-refractivity contribution in [3.63, 3.8) is 0 Å². The maximum absolute atomic E-state index is 15.0. The van der Waals surface area contributed by atoms with Crippen LogP contribution in [0.25, 0.3) is 56.8 Å². The van der Waals surface area contributed by atoms with E-state index < -0.39 is 5.60 Å². The van der Waals surface area contributed by atoms with Crippen LogP contribution in [0, 0.1) is 40.9 Å². The van der Waals surface area contributed by atoms with E-state index in [-0.39, 0.29) is 29.1 Å². The van der Waals surface area contributed by atoms with Crippen LogP contribution in [0.2, 0.25) is 0 Å². The van der Waals surface area contributed by atoms with Gasteiger partial charge in [-0.15, -0.1) is 45.3 Å². The fourth-order valence-corrected chi connectivity index (χ4v) is 14.1. The summed E-state index contributed by atoms with van der Waals surface area (Å²) in [6.45, 7) is 9.40. The highest BCUT2D eigenvalue weighted by molar-refractivity contribution is 7.38. The molecule has 7 rings (SSSR count). The minimum absolute atomic E-state index is 0.0176. The lowest BCUT2D eigenvalue weighted by molar-refractivity contribution is 0.109. The van der Waals surface area contributed by atoms with Gasteiger partial charge in [0.25, 0.3) is 5.56 Å². The van der Waals surface area contributed by atoms with Gasteiger partial charge >= 0.3 is 0 Å². The molecule has 0 spiro atoms. The summed E-state index contributed by atoms with van der Waals surface area (Å²) in [5.41, 5.74) is 4.07. The summed E-state index contributed by atoms with van der Waals surface area (Å²) in [5.74, 6) is 0.0176. The molecule has 8 nitrogen and oxygen atoms in total. The second-order valence-electron chi connectivity index (χ2n) is 16.9. The third-order valence-corrected chi connectivity index (χ3v) is 16.9. The van der Waals surface area contributed by atoms with Gasteiger partial charge in [0.15, 0.2) is 11.3 Å². The molecule has 1 aromatic carbocycles. The van der Waals surface area contributed by atoms with Crippen molar-refractivity contribution in [3.05, 3.63) is 78.5 Å². The largest absolute Gasteiger partial charge is 0.479 e. The Morgan fingerprint density at radius 3 is 2.10 bits per heavy atom. The van der Waals surface area contributed by atoms with Crippen molar-refractivity contribution in [2.75, 3.05) is 25.1 Å². The van der Waals surface area contributed by atoms with Gasteiger partial charge in [-0.25, -0.2) is 0 Å². The Morgan fingerprint density at radius 1 is 0.823 bits per heavy atom. The number of rotatable bonds is 20. The Balaban J connectivity index is 1.21. The van der Waals surface area contributed by atoms with E-state index in [9.17, 15) is 25.7 Å². The zero-order valence-electron chi connectivity index (χ0n) is 36.5. The van der Waals surface area contributed by atoms with Crippen LogP contribution in [-0.4, -0.2) is 35.5 Å². The first-order chi connectivity index (χ1) is 30.0. The molecule has 6 heterocycles. The van der Waals surface area contributed by atoms with Crippen molar-refractivity contribution < 1.29 is 9.84 Å². The van der Waals surface area contributed by atoms with E-state index in [0.29, 0.717) is 18.7 Å². The zero-order chi connectivity index (χ0) is 44.0. The van der Waals surface area contributed by atoms with Crippen LogP contribution in [0.15, 0.2) is 52.0 Å². The van der Waals surface area contributed by atoms with Crippen molar-refractivity contribution in [2.24, 2.45) is 0 Å². The predicted molar refractivity (Wildman–Crippen MR) is 264 cm³/mol. The number of nitrogens with zero attached hydrogens (tertiary/aromatic N) is 5. The van der Waals surface area contributed by atoms with E-state index in [1.807, 2.05) is 48.6 Å². The summed E-state index contributed by atoms with van der Waals surface area (Å²) in [6.07, 6.45) is 20.8. The smallest absolute Gasteiger partial charge is 0.261 e. The van der Waals surface area contributed by atoms with Gasteiger partial charge in [0.1, 0.15) is 29.4 Å². The van der Waals surface area contributed by atoms with Crippen LogP contribution >= 0.6 is 45.3 Å². The van der Waals surface area contributed by atoms with E-state index >= 15 is 0 Å². The van der Waals surface area contributed by atoms with E-state index in [4.69, 9.17) is 4.74 Å². The number of unbranched alkanes of at least 4 members (excludes halogenated alkanes) is 12.